The van der Waals surface area contributed by atoms with E-state index >= 15 is 0 Å². The summed E-state index contributed by atoms with van der Waals surface area (Å²) in [5, 5.41) is 15.6. The van der Waals surface area contributed by atoms with Gasteiger partial charge in [-0.1, -0.05) is 35.6 Å². The van der Waals surface area contributed by atoms with Crippen molar-refractivity contribution < 1.29 is 4.79 Å². The van der Waals surface area contributed by atoms with Crippen molar-refractivity contribution in [3.8, 4) is 10.6 Å². The van der Waals surface area contributed by atoms with Gasteiger partial charge in [0.15, 0.2) is 0 Å². The number of nitrogens with one attached hydrogen (secondary N) is 2. The van der Waals surface area contributed by atoms with Crippen LogP contribution in [0.2, 0.25) is 0 Å². The lowest BCUT2D eigenvalue weighted by Crippen LogP contribution is -2.20. The zero-order chi connectivity index (χ0) is 20.3. The van der Waals surface area contributed by atoms with E-state index in [2.05, 4.69) is 55.1 Å². The van der Waals surface area contributed by atoms with E-state index in [0.29, 0.717) is 16.7 Å². The lowest BCUT2D eigenvalue weighted by atomic mass is 10.1. The Bertz CT molecular complexity index is 1150. The highest BCUT2D eigenvalue weighted by molar-refractivity contribution is 7.18. The van der Waals surface area contributed by atoms with E-state index in [1.807, 2.05) is 18.2 Å². The highest BCUT2D eigenvalue weighted by Crippen LogP contribution is 2.26. The van der Waals surface area contributed by atoms with Crippen molar-refractivity contribution in [1.29, 1.82) is 0 Å². The van der Waals surface area contributed by atoms with Gasteiger partial charge in [0.2, 0.25) is 5.13 Å². The van der Waals surface area contributed by atoms with Crippen molar-refractivity contribution in [3.63, 3.8) is 0 Å². The average molecular weight is 414 g/mol. The molecular weight excluding hydrogens is 396 g/mol. The first-order chi connectivity index (χ1) is 14.7. The molecule has 4 aromatic rings. The SMILES string of the molecule is O=C(Nc1nnc(-c2ccncc2)s1)c1ccc(NC2Cc3ccccc3C2)nc1. The van der Waals surface area contributed by atoms with E-state index in [4.69, 9.17) is 0 Å². The maximum Gasteiger partial charge on any atom is 0.259 e. The first kappa shape index (κ1) is 18.4. The molecule has 0 unspecified atom stereocenters. The number of carbonyl (C=O) groups excluding carboxylic acids is 1. The average Bonchev–Trinajstić information content (AvgIpc) is 3.41. The van der Waals surface area contributed by atoms with Gasteiger partial charge in [0, 0.05) is 30.2 Å². The zero-order valence-electron chi connectivity index (χ0n) is 15.9. The van der Waals surface area contributed by atoms with Gasteiger partial charge in [-0.2, -0.15) is 0 Å². The zero-order valence-corrected chi connectivity index (χ0v) is 16.8. The molecule has 3 heterocycles. The Balaban J connectivity index is 1.21. The summed E-state index contributed by atoms with van der Waals surface area (Å²) in [7, 11) is 0. The summed E-state index contributed by atoms with van der Waals surface area (Å²) in [6.07, 6.45) is 6.93. The summed E-state index contributed by atoms with van der Waals surface area (Å²) in [5.74, 6) is 0.500. The number of carbonyl (C=O) groups is 1. The first-order valence-corrected chi connectivity index (χ1v) is 10.4. The molecule has 0 atom stereocenters. The largest absolute Gasteiger partial charge is 0.367 e. The summed E-state index contributed by atoms with van der Waals surface area (Å²) >= 11 is 1.31. The minimum atomic E-state index is -0.264. The fourth-order valence-electron chi connectivity index (χ4n) is 3.54. The minimum absolute atomic E-state index is 0.264. The number of fused-ring (bicyclic) bond motifs is 1. The van der Waals surface area contributed by atoms with Crippen LogP contribution in [0.5, 0.6) is 0 Å². The smallest absolute Gasteiger partial charge is 0.259 e. The lowest BCUT2D eigenvalue weighted by Gasteiger charge is -2.12. The number of anilines is 2. The van der Waals surface area contributed by atoms with E-state index in [1.165, 1.54) is 22.5 Å². The number of hydrogen-bond acceptors (Lipinski definition) is 7. The molecule has 0 spiro atoms. The fourth-order valence-corrected chi connectivity index (χ4v) is 4.28. The van der Waals surface area contributed by atoms with Gasteiger partial charge in [-0.15, -0.1) is 10.2 Å². The normalized spacial score (nSPS) is 13.1. The number of aromatic nitrogens is 4. The molecule has 8 heteroatoms. The van der Waals surface area contributed by atoms with Gasteiger partial charge in [0.05, 0.1) is 5.56 Å². The van der Waals surface area contributed by atoms with Crippen LogP contribution in [0.15, 0.2) is 67.1 Å². The molecule has 0 aliphatic heterocycles. The Kier molecular flexibility index (Phi) is 4.90. The third kappa shape index (κ3) is 3.90. The second-order valence-corrected chi connectivity index (χ2v) is 8.03. The molecule has 1 amide bonds. The summed E-state index contributed by atoms with van der Waals surface area (Å²) < 4.78 is 0. The molecule has 30 heavy (non-hydrogen) atoms. The van der Waals surface area contributed by atoms with Crippen molar-refractivity contribution >= 4 is 28.2 Å². The number of pyridine rings is 2. The lowest BCUT2D eigenvalue weighted by molar-refractivity contribution is 0.102. The van der Waals surface area contributed by atoms with E-state index in [9.17, 15) is 4.79 Å². The molecule has 0 saturated carbocycles. The van der Waals surface area contributed by atoms with Crippen molar-refractivity contribution in [1.82, 2.24) is 20.2 Å². The van der Waals surface area contributed by atoms with Crippen LogP contribution < -0.4 is 10.6 Å². The van der Waals surface area contributed by atoms with E-state index < -0.39 is 0 Å². The third-order valence-corrected chi connectivity index (χ3v) is 5.89. The van der Waals surface area contributed by atoms with Crippen molar-refractivity contribution in [3.05, 3.63) is 83.8 Å². The molecule has 5 rings (SSSR count). The summed E-state index contributed by atoms with van der Waals surface area (Å²) in [4.78, 5) is 20.9. The molecule has 0 fully saturated rings. The second kappa shape index (κ2) is 8.00. The van der Waals surface area contributed by atoms with Gasteiger partial charge in [0.25, 0.3) is 5.91 Å². The fraction of sp³-hybridized carbons (Fsp3) is 0.136. The summed E-state index contributed by atoms with van der Waals surface area (Å²) in [5.41, 5.74) is 4.15. The van der Waals surface area contributed by atoms with Gasteiger partial charge < -0.3 is 5.32 Å². The number of benzene rings is 1. The van der Waals surface area contributed by atoms with Crippen molar-refractivity contribution in [2.24, 2.45) is 0 Å². The third-order valence-electron chi connectivity index (χ3n) is 5.00. The maximum atomic E-state index is 12.5. The van der Waals surface area contributed by atoms with Crippen LogP contribution in [0.1, 0.15) is 21.5 Å². The van der Waals surface area contributed by atoms with Gasteiger partial charge >= 0.3 is 0 Å². The molecular formula is C22H18N6OS. The molecule has 0 radical (unpaired) electrons. The van der Waals surface area contributed by atoms with Gasteiger partial charge in [-0.05, 0) is 48.2 Å². The predicted octanol–water partition coefficient (Wildman–Crippen LogP) is 3.83. The van der Waals surface area contributed by atoms with Crippen LogP contribution in [0.4, 0.5) is 10.9 Å². The van der Waals surface area contributed by atoms with Crippen LogP contribution in [-0.4, -0.2) is 32.1 Å². The van der Waals surface area contributed by atoms with Crippen LogP contribution >= 0.6 is 11.3 Å². The van der Waals surface area contributed by atoms with E-state index in [0.717, 1.165) is 29.2 Å². The number of amides is 1. The Morgan fingerprint density at radius 3 is 2.43 bits per heavy atom. The molecule has 1 aromatic carbocycles. The Labute approximate surface area is 177 Å². The molecule has 148 valence electrons. The molecule has 1 aliphatic carbocycles. The van der Waals surface area contributed by atoms with Crippen LogP contribution in [-0.2, 0) is 12.8 Å². The Morgan fingerprint density at radius 2 is 1.73 bits per heavy atom. The van der Waals surface area contributed by atoms with Gasteiger partial charge in [-0.25, -0.2) is 4.98 Å². The van der Waals surface area contributed by atoms with E-state index in [1.54, 1.807) is 24.7 Å². The molecule has 3 aromatic heterocycles. The number of hydrogen-bond donors (Lipinski definition) is 2. The minimum Gasteiger partial charge on any atom is -0.367 e. The summed E-state index contributed by atoms with van der Waals surface area (Å²) in [6.45, 7) is 0. The van der Waals surface area contributed by atoms with Crippen LogP contribution in [0, 0.1) is 0 Å². The highest BCUT2D eigenvalue weighted by atomic mass is 32.1. The summed E-state index contributed by atoms with van der Waals surface area (Å²) in [6, 6.07) is 16.1. The first-order valence-electron chi connectivity index (χ1n) is 9.59. The van der Waals surface area contributed by atoms with E-state index in [-0.39, 0.29) is 5.91 Å². The van der Waals surface area contributed by atoms with Crippen LogP contribution in [0.3, 0.4) is 0 Å². The monoisotopic (exact) mass is 414 g/mol. The molecule has 2 N–H and O–H groups in total. The van der Waals surface area contributed by atoms with Crippen molar-refractivity contribution in [2.45, 2.75) is 18.9 Å². The van der Waals surface area contributed by atoms with Crippen LogP contribution in [0.25, 0.3) is 10.6 Å². The second-order valence-electron chi connectivity index (χ2n) is 7.05. The number of rotatable bonds is 5. The molecule has 0 saturated heterocycles. The van der Waals surface area contributed by atoms with Crippen molar-refractivity contribution in [2.75, 3.05) is 10.6 Å². The van der Waals surface area contributed by atoms with Gasteiger partial charge in [0.1, 0.15) is 10.8 Å². The predicted molar refractivity (Wildman–Crippen MR) is 117 cm³/mol. The maximum absolute atomic E-state index is 12.5. The topological polar surface area (TPSA) is 92.7 Å². The Hall–Kier alpha value is -3.65. The number of nitrogens with zero attached hydrogens (tertiary/aromatic N) is 4. The standard InChI is InChI=1S/C22H18N6OS/c29-20(26-22-28-27-21(30-22)14-7-9-23-10-8-14)17-5-6-19(24-13-17)25-18-11-15-3-1-2-4-16(15)12-18/h1-10,13,18H,11-12H2,(H,24,25)(H,26,28,29). The molecule has 1 aliphatic rings. The van der Waals surface area contributed by atoms with Gasteiger partial charge in [-0.3, -0.25) is 15.1 Å². The quantitative estimate of drug-likeness (QED) is 0.516. The molecule has 0 bridgehead atoms. The highest BCUT2D eigenvalue weighted by Gasteiger charge is 2.21. The Morgan fingerprint density at radius 1 is 0.967 bits per heavy atom. The molecule has 7 nitrogen and oxygen atoms in total.